The molecule has 0 bridgehead atoms. The zero-order chi connectivity index (χ0) is 17.2. The van der Waals surface area contributed by atoms with E-state index in [1.807, 2.05) is 0 Å². The van der Waals surface area contributed by atoms with E-state index in [1.54, 1.807) is 6.20 Å². The Morgan fingerprint density at radius 2 is 1.50 bits per heavy atom. The summed E-state index contributed by atoms with van der Waals surface area (Å²) in [6, 6.07) is 10.9. The number of H-pyrrole nitrogens is 1. The predicted octanol–water partition coefficient (Wildman–Crippen LogP) is 3.20. The SMILES string of the molecule is COC(=O)C(c1ccc(F)cc1)(c1ccc(F)cc1)c1ncc[nH]1. The second kappa shape index (κ2) is 6.23. The highest BCUT2D eigenvalue weighted by molar-refractivity contribution is 5.91. The lowest BCUT2D eigenvalue weighted by Gasteiger charge is -2.30. The van der Waals surface area contributed by atoms with Crippen molar-refractivity contribution in [1.29, 1.82) is 0 Å². The highest BCUT2D eigenvalue weighted by Crippen LogP contribution is 2.38. The number of carbonyl (C=O) groups is 1. The van der Waals surface area contributed by atoms with Crippen molar-refractivity contribution in [1.82, 2.24) is 9.97 Å². The van der Waals surface area contributed by atoms with E-state index < -0.39 is 23.0 Å². The molecule has 0 amide bonds. The first-order valence-corrected chi connectivity index (χ1v) is 7.19. The van der Waals surface area contributed by atoms with Crippen molar-refractivity contribution in [2.24, 2.45) is 0 Å². The number of nitrogens with zero attached hydrogens (tertiary/aromatic N) is 1. The van der Waals surface area contributed by atoms with Crippen molar-refractivity contribution < 1.29 is 18.3 Å². The minimum absolute atomic E-state index is 0.299. The van der Waals surface area contributed by atoms with Crippen LogP contribution in [0, 0.1) is 11.6 Å². The van der Waals surface area contributed by atoms with Crippen molar-refractivity contribution >= 4 is 5.97 Å². The molecule has 1 N–H and O–H groups in total. The molecule has 0 fully saturated rings. The number of imidazole rings is 1. The van der Waals surface area contributed by atoms with Crippen LogP contribution in [-0.2, 0) is 14.9 Å². The summed E-state index contributed by atoms with van der Waals surface area (Å²) in [4.78, 5) is 20.0. The minimum atomic E-state index is -1.46. The Morgan fingerprint density at radius 1 is 1.00 bits per heavy atom. The number of esters is 1. The van der Waals surface area contributed by atoms with Gasteiger partial charge in [-0.05, 0) is 35.4 Å². The number of halogens is 2. The van der Waals surface area contributed by atoms with Crippen LogP contribution in [0.2, 0.25) is 0 Å². The van der Waals surface area contributed by atoms with Gasteiger partial charge >= 0.3 is 5.97 Å². The Balaban J connectivity index is 2.35. The number of aromatic nitrogens is 2. The fourth-order valence-corrected chi connectivity index (χ4v) is 2.80. The Bertz CT molecular complexity index is 783. The van der Waals surface area contributed by atoms with Gasteiger partial charge in [-0.25, -0.2) is 13.8 Å². The molecular formula is C18H14F2N2O2. The molecule has 2 aromatic carbocycles. The Labute approximate surface area is 137 Å². The molecule has 1 heterocycles. The number of rotatable bonds is 4. The van der Waals surface area contributed by atoms with Crippen LogP contribution in [0.4, 0.5) is 8.78 Å². The van der Waals surface area contributed by atoms with Crippen molar-refractivity contribution in [2.45, 2.75) is 5.41 Å². The van der Waals surface area contributed by atoms with Gasteiger partial charge < -0.3 is 9.72 Å². The molecule has 0 atom stereocenters. The number of carbonyl (C=O) groups excluding carboxylic acids is 1. The molecule has 4 nitrogen and oxygen atoms in total. The fourth-order valence-electron chi connectivity index (χ4n) is 2.80. The quantitative estimate of drug-likeness (QED) is 0.748. The predicted molar refractivity (Wildman–Crippen MR) is 83.3 cm³/mol. The summed E-state index contributed by atoms with van der Waals surface area (Å²) in [6.07, 6.45) is 3.07. The van der Waals surface area contributed by atoms with E-state index >= 15 is 0 Å². The summed E-state index contributed by atoms with van der Waals surface area (Å²) in [5.41, 5.74) is -0.547. The molecular weight excluding hydrogens is 314 g/mol. The number of nitrogens with one attached hydrogen (secondary N) is 1. The molecule has 0 unspecified atom stereocenters. The number of ether oxygens (including phenoxy) is 1. The zero-order valence-corrected chi connectivity index (χ0v) is 12.8. The van der Waals surface area contributed by atoms with E-state index in [9.17, 15) is 13.6 Å². The summed E-state index contributed by atoms with van der Waals surface area (Å²) >= 11 is 0. The Kier molecular flexibility index (Phi) is 4.12. The molecule has 0 saturated carbocycles. The Morgan fingerprint density at radius 3 is 1.88 bits per heavy atom. The third kappa shape index (κ3) is 2.46. The van der Waals surface area contributed by atoms with E-state index in [0.29, 0.717) is 17.0 Å². The van der Waals surface area contributed by atoms with Crippen LogP contribution in [-0.4, -0.2) is 23.0 Å². The number of aromatic amines is 1. The lowest BCUT2D eigenvalue weighted by molar-refractivity contribution is -0.144. The summed E-state index contributed by atoms with van der Waals surface area (Å²) in [5, 5.41) is 0. The van der Waals surface area contributed by atoms with Crippen molar-refractivity contribution in [3.8, 4) is 0 Å². The molecule has 1 aromatic heterocycles. The second-order valence-corrected chi connectivity index (χ2v) is 5.19. The van der Waals surface area contributed by atoms with Gasteiger partial charge in [0, 0.05) is 12.4 Å². The van der Waals surface area contributed by atoms with Crippen LogP contribution in [0.5, 0.6) is 0 Å². The lowest BCUT2D eigenvalue weighted by atomic mass is 9.73. The minimum Gasteiger partial charge on any atom is -0.468 e. The number of hydrogen-bond donors (Lipinski definition) is 1. The van der Waals surface area contributed by atoms with Gasteiger partial charge in [0.15, 0.2) is 5.41 Å². The van der Waals surface area contributed by atoms with E-state index in [0.717, 1.165) is 0 Å². The number of methoxy groups -OCH3 is 1. The largest absolute Gasteiger partial charge is 0.468 e. The first-order valence-electron chi connectivity index (χ1n) is 7.19. The van der Waals surface area contributed by atoms with Gasteiger partial charge in [0.1, 0.15) is 17.5 Å². The molecule has 0 radical (unpaired) electrons. The molecule has 0 aliphatic heterocycles. The lowest BCUT2D eigenvalue weighted by Crippen LogP contribution is -2.40. The van der Waals surface area contributed by atoms with Gasteiger partial charge in [-0.3, -0.25) is 4.79 Å². The van der Waals surface area contributed by atoms with Gasteiger partial charge in [0.2, 0.25) is 0 Å². The van der Waals surface area contributed by atoms with Gasteiger partial charge in [-0.2, -0.15) is 0 Å². The molecule has 122 valence electrons. The van der Waals surface area contributed by atoms with Crippen molar-refractivity contribution in [3.05, 3.63) is 89.5 Å². The van der Waals surface area contributed by atoms with E-state index in [2.05, 4.69) is 9.97 Å². The standard InChI is InChI=1S/C18H14F2N2O2/c1-24-17(23)18(16-21-10-11-22-16,12-2-6-14(19)7-3-12)13-4-8-15(20)9-5-13/h2-11H,1H3,(H,21,22). The summed E-state index contributed by atoms with van der Waals surface area (Å²) in [6.45, 7) is 0. The van der Waals surface area contributed by atoms with E-state index in [4.69, 9.17) is 4.74 Å². The van der Waals surface area contributed by atoms with Gasteiger partial charge in [0.05, 0.1) is 7.11 Å². The first kappa shape index (κ1) is 15.9. The third-order valence-electron chi connectivity index (χ3n) is 3.90. The maximum Gasteiger partial charge on any atom is 0.328 e. The summed E-state index contributed by atoms with van der Waals surface area (Å²) in [7, 11) is 1.26. The summed E-state index contributed by atoms with van der Waals surface area (Å²) in [5.74, 6) is -1.18. The van der Waals surface area contributed by atoms with Crippen LogP contribution in [0.1, 0.15) is 17.0 Å². The monoisotopic (exact) mass is 328 g/mol. The highest BCUT2D eigenvalue weighted by atomic mass is 19.1. The average molecular weight is 328 g/mol. The Hall–Kier alpha value is -3.02. The van der Waals surface area contributed by atoms with Gasteiger partial charge in [-0.1, -0.05) is 24.3 Å². The summed E-state index contributed by atoms with van der Waals surface area (Å²) < 4.78 is 31.8. The van der Waals surface area contributed by atoms with Crippen molar-refractivity contribution in [3.63, 3.8) is 0 Å². The van der Waals surface area contributed by atoms with Crippen LogP contribution in [0.25, 0.3) is 0 Å². The molecule has 3 rings (SSSR count). The first-order chi connectivity index (χ1) is 11.6. The molecule has 0 saturated heterocycles. The van der Waals surface area contributed by atoms with Crippen molar-refractivity contribution in [2.75, 3.05) is 7.11 Å². The van der Waals surface area contributed by atoms with Crippen LogP contribution in [0.3, 0.4) is 0 Å². The molecule has 0 aliphatic rings. The topological polar surface area (TPSA) is 55.0 Å². The molecule has 3 aromatic rings. The van der Waals surface area contributed by atoms with Gasteiger partial charge in [-0.15, -0.1) is 0 Å². The van der Waals surface area contributed by atoms with Crippen LogP contribution in [0.15, 0.2) is 60.9 Å². The molecule has 0 aliphatic carbocycles. The zero-order valence-electron chi connectivity index (χ0n) is 12.8. The molecule has 24 heavy (non-hydrogen) atoms. The van der Waals surface area contributed by atoms with Gasteiger partial charge in [0.25, 0.3) is 0 Å². The normalized spacial score (nSPS) is 11.3. The number of benzene rings is 2. The van der Waals surface area contributed by atoms with E-state index in [1.165, 1.54) is 61.8 Å². The highest BCUT2D eigenvalue weighted by Gasteiger charge is 2.47. The smallest absolute Gasteiger partial charge is 0.328 e. The maximum atomic E-state index is 13.4. The van der Waals surface area contributed by atoms with Crippen LogP contribution >= 0.6 is 0 Å². The molecule has 0 spiro atoms. The third-order valence-corrected chi connectivity index (χ3v) is 3.90. The second-order valence-electron chi connectivity index (χ2n) is 5.19. The average Bonchev–Trinajstić information content (AvgIpc) is 3.13. The fraction of sp³-hybridized carbons (Fsp3) is 0.111. The van der Waals surface area contributed by atoms with E-state index in [-0.39, 0.29) is 0 Å². The van der Waals surface area contributed by atoms with Crippen LogP contribution < -0.4 is 0 Å². The maximum absolute atomic E-state index is 13.4. The molecule has 6 heteroatoms. The number of hydrogen-bond acceptors (Lipinski definition) is 3.